The summed E-state index contributed by atoms with van der Waals surface area (Å²) in [5.74, 6) is -1.37. The van der Waals surface area contributed by atoms with Crippen LogP contribution in [-0.4, -0.2) is 52.3 Å². The first-order valence-electron chi connectivity index (χ1n) is 8.79. The average molecular weight is 429 g/mol. The molecular formula is C19H19N5O5S. The third kappa shape index (κ3) is 4.20. The van der Waals surface area contributed by atoms with Crippen LogP contribution in [0.5, 0.6) is 0 Å². The van der Waals surface area contributed by atoms with Crippen LogP contribution in [0.3, 0.4) is 0 Å². The van der Waals surface area contributed by atoms with Crippen molar-refractivity contribution < 1.29 is 23.9 Å². The number of esters is 2. The van der Waals surface area contributed by atoms with E-state index in [-0.39, 0.29) is 22.0 Å². The molecule has 0 saturated carbocycles. The minimum atomic E-state index is -0.671. The quantitative estimate of drug-likeness (QED) is 0.591. The van der Waals surface area contributed by atoms with Gasteiger partial charge >= 0.3 is 11.9 Å². The van der Waals surface area contributed by atoms with Crippen molar-refractivity contribution in [1.82, 2.24) is 20.2 Å². The highest BCUT2D eigenvalue weighted by Crippen LogP contribution is 2.34. The van der Waals surface area contributed by atoms with Crippen LogP contribution in [-0.2, 0) is 20.8 Å². The van der Waals surface area contributed by atoms with Crippen LogP contribution in [0.2, 0.25) is 0 Å². The number of rotatable bonds is 6. The van der Waals surface area contributed by atoms with Crippen LogP contribution in [0.25, 0.3) is 11.4 Å². The first kappa shape index (κ1) is 21.1. The largest absolute Gasteiger partial charge is 0.465 e. The molecule has 3 rings (SSSR count). The van der Waals surface area contributed by atoms with E-state index in [1.54, 1.807) is 6.92 Å². The molecule has 0 spiro atoms. The monoisotopic (exact) mass is 429 g/mol. The summed E-state index contributed by atoms with van der Waals surface area (Å²) in [5, 5.41) is 14.9. The van der Waals surface area contributed by atoms with Crippen LogP contribution < -0.4 is 5.32 Å². The van der Waals surface area contributed by atoms with Crippen LogP contribution >= 0.6 is 11.3 Å². The van der Waals surface area contributed by atoms with Gasteiger partial charge in [0.15, 0.2) is 0 Å². The van der Waals surface area contributed by atoms with Gasteiger partial charge in [-0.15, -0.1) is 21.5 Å². The molecular weight excluding hydrogens is 410 g/mol. The molecule has 3 aromatic rings. The first-order chi connectivity index (χ1) is 14.3. The van der Waals surface area contributed by atoms with Crippen LogP contribution in [0.4, 0.5) is 5.00 Å². The van der Waals surface area contributed by atoms with Crippen molar-refractivity contribution in [3.8, 4) is 11.4 Å². The van der Waals surface area contributed by atoms with Gasteiger partial charge in [-0.1, -0.05) is 24.3 Å². The number of aromatic nitrogens is 4. The van der Waals surface area contributed by atoms with Gasteiger partial charge in [-0.2, -0.15) is 4.80 Å². The molecule has 1 aromatic carbocycles. The van der Waals surface area contributed by atoms with Crippen LogP contribution in [0, 0.1) is 13.8 Å². The zero-order valence-corrected chi connectivity index (χ0v) is 17.6. The Morgan fingerprint density at radius 1 is 1.10 bits per heavy atom. The Morgan fingerprint density at radius 2 is 1.80 bits per heavy atom. The minimum absolute atomic E-state index is 0.100. The maximum Gasteiger partial charge on any atom is 0.348 e. The van der Waals surface area contributed by atoms with E-state index in [2.05, 4.69) is 20.7 Å². The zero-order chi connectivity index (χ0) is 21.8. The van der Waals surface area contributed by atoms with Gasteiger partial charge in [0.2, 0.25) is 11.7 Å². The maximum atomic E-state index is 12.5. The predicted molar refractivity (Wildman–Crippen MR) is 108 cm³/mol. The van der Waals surface area contributed by atoms with E-state index >= 15 is 0 Å². The highest BCUT2D eigenvalue weighted by Gasteiger charge is 2.27. The Kier molecular flexibility index (Phi) is 6.21. The van der Waals surface area contributed by atoms with Crippen LogP contribution in [0.15, 0.2) is 24.3 Å². The summed E-state index contributed by atoms with van der Waals surface area (Å²) in [5.41, 5.74) is 2.26. The Hall–Kier alpha value is -3.60. The van der Waals surface area contributed by atoms with Crippen molar-refractivity contribution in [2.45, 2.75) is 20.4 Å². The van der Waals surface area contributed by atoms with Gasteiger partial charge in [-0.05, 0) is 30.2 Å². The lowest BCUT2D eigenvalue weighted by Crippen LogP contribution is -2.21. The van der Waals surface area contributed by atoms with E-state index in [0.29, 0.717) is 11.4 Å². The van der Waals surface area contributed by atoms with E-state index in [1.807, 2.05) is 31.2 Å². The number of tetrazole rings is 1. The second-order valence-electron chi connectivity index (χ2n) is 6.25. The van der Waals surface area contributed by atoms with Gasteiger partial charge in [-0.25, -0.2) is 9.59 Å². The van der Waals surface area contributed by atoms with Crippen molar-refractivity contribution in [2.75, 3.05) is 19.5 Å². The number of methoxy groups -OCH3 is 2. The summed E-state index contributed by atoms with van der Waals surface area (Å²) in [7, 11) is 2.45. The molecule has 0 unspecified atom stereocenters. The standard InChI is InChI=1S/C19H19N5O5S/c1-10-7-5-6-8-12(10)16-21-23-24(22-16)9-13(25)20-17-14(18(26)28-3)11(2)15(30-17)19(27)29-4/h5-8H,9H2,1-4H3,(H,20,25). The number of aryl methyl sites for hydroxylation is 1. The topological polar surface area (TPSA) is 125 Å². The number of ether oxygens (including phenoxy) is 2. The van der Waals surface area contributed by atoms with E-state index in [1.165, 1.54) is 14.2 Å². The second kappa shape index (κ2) is 8.82. The summed E-state index contributed by atoms with van der Waals surface area (Å²) in [6.45, 7) is 3.28. The molecule has 1 N–H and O–H groups in total. The molecule has 30 heavy (non-hydrogen) atoms. The van der Waals surface area contributed by atoms with E-state index < -0.39 is 17.8 Å². The number of thiophene rings is 1. The maximum absolute atomic E-state index is 12.5. The number of hydrogen-bond donors (Lipinski definition) is 1. The van der Waals surface area contributed by atoms with Gasteiger partial charge in [0.05, 0.1) is 19.8 Å². The predicted octanol–water partition coefficient (Wildman–Crippen LogP) is 2.23. The lowest BCUT2D eigenvalue weighted by molar-refractivity contribution is -0.117. The molecule has 0 atom stereocenters. The summed E-state index contributed by atoms with van der Waals surface area (Å²) in [6.07, 6.45) is 0. The number of nitrogens with one attached hydrogen (secondary N) is 1. The van der Waals surface area contributed by atoms with Gasteiger partial charge < -0.3 is 14.8 Å². The Morgan fingerprint density at radius 3 is 2.47 bits per heavy atom. The van der Waals surface area contributed by atoms with Crippen molar-refractivity contribution in [3.63, 3.8) is 0 Å². The number of benzene rings is 1. The molecule has 0 fully saturated rings. The number of hydrogen-bond acceptors (Lipinski definition) is 9. The molecule has 156 valence electrons. The Labute approximate surface area is 175 Å². The van der Waals surface area contributed by atoms with E-state index in [0.717, 1.165) is 27.3 Å². The molecule has 0 radical (unpaired) electrons. The van der Waals surface area contributed by atoms with E-state index in [9.17, 15) is 14.4 Å². The number of nitrogens with zero attached hydrogens (tertiary/aromatic N) is 4. The van der Waals surface area contributed by atoms with Crippen molar-refractivity contribution in [1.29, 1.82) is 0 Å². The van der Waals surface area contributed by atoms with Crippen LogP contribution in [0.1, 0.15) is 31.2 Å². The molecule has 0 aliphatic carbocycles. The van der Waals surface area contributed by atoms with E-state index in [4.69, 9.17) is 9.47 Å². The molecule has 2 aromatic heterocycles. The molecule has 2 heterocycles. The molecule has 1 amide bonds. The fourth-order valence-corrected chi connectivity index (χ4v) is 3.90. The summed E-state index contributed by atoms with van der Waals surface area (Å²) >= 11 is 0.932. The first-order valence-corrected chi connectivity index (χ1v) is 9.61. The van der Waals surface area contributed by atoms with Gasteiger partial charge in [-0.3, -0.25) is 4.79 Å². The lowest BCUT2D eigenvalue weighted by atomic mass is 10.1. The highest BCUT2D eigenvalue weighted by atomic mass is 32.1. The molecule has 0 aliphatic rings. The normalized spacial score (nSPS) is 10.5. The zero-order valence-electron chi connectivity index (χ0n) is 16.8. The van der Waals surface area contributed by atoms with Gasteiger partial charge in [0.1, 0.15) is 16.4 Å². The number of anilines is 1. The number of amides is 1. The fraction of sp³-hybridized carbons (Fsp3) is 0.263. The lowest BCUT2D eigenvalue weighted by Gasteiger charge is -2.05. The molecule has 10 nitrogen and oxygen atoms in total. The van der Waals surface area contributed by atoms with Crippen molar-refractivity contribution in [2.24, 2.45) is 0 Å². The summed E-state index contributed by atoms with van der Waals surface area (Å²) < 4.78 is 9.50. The smallest absolute Gasteiger partial charge is 0.348 e. The molecule has 0 bridgehead atoms. The van der Waals surface area contributed by atoms with Gasteiger partial charge in [0.25, 0.3) is 0 Å². The highest BCUT2D eigenvalue weighted by molar-refractivity contribution is 7.18. The second-order valence-corrected chi connectivity index (χ2v) is 7.27. The van der Waals surface area contributed by atoms with Gasteiger partial charge in [0, 0.05) is 5.56 Å². The number of carbonyl (C=O) groups excluding carboxylic acids is 3. The molecule has 11 heteroatoms. The van der Waals surface area contributed by atoms with Crippen molar-refractivity contribution >= 4 is 34.2 Å². The minimum Gasteiger partial charge on any atom is -0.465 e. The summed E-state index contributed by atoms with van der Waals surface area (Å²) in [6, 6.07) is 7.56. The Balaban J connectivity index is 1.81. The van der Waals surface area contributed by atoms with Crippen molar-refractivity contribution in [3.05, 3.63) is 45.8 Å². The summed E-state index contributed by atoms with van der Waals surface area (Å²) in [4.78, 5) is 38.0. The SMILES string of the molecule is COC(=O)c1sc(NC(=O)Cn2nnc(-c3ccccc3C)n2)c(C(=O)OC)c1C. The third-order valence-electron chi connectivity index (χ3n) is 4.28. The Bertz CT molecular complexity index is 1120. The molecule has 0 saturated heterocycles. The average Bonchev–Trinajstić information content (AvgIpc) is 3.31. The number of carbonyl (C=O) groups is 3. The third-order valence-corrected chi connectivity index (χ3v) is 5.47. The fourth-order valence-electron chi connectivity index (χ4n) is 2.77. The molecule has 0 aliphatic heterocycles.